The lowest BCUT2D eigenvalue weighted by Gasteiger charge is -2.42. The molecule has 2 rings (SSSR count). The molecule has 0 aliphatic carbocycles. The van der Waals surface area contributed by atoms with E-state index in [4.69, 9.17) is 9.47 Å². The first-order chi connectivity index (χ1) is 8.65. The van der Waals surface area contributed by atoms with Crippen LogP contribution in [0, 0.1) is 5.41 Å². The van der Waals surface area contributed by atoms with Gasteiger partial charge in [-0.3, -0.25) is 4.90 Å². The molecule has 2 fully saturated rings. The van der Waals surface area contributed by atoms with Gasteiger partial charge in [-0.1, -0.05) is 6.92 Å². The molecule has 3 unspecified atom stereocenters. The third kappa shape index (κ3) is 3.44. The highest BCUT2D eigenvalue weighted by Gasteiger charge is 2.38. The SMILES string of the molecule is CCNCC1(CN2CC(C)OCC2C)CCOC1. The van der Waals surface area contributed by atoms with Crippen LogP contribution in [0.4, 0.5) is 0 Å². The molecule has 106 valence electrons. The Morgan fingerprint density at radius 2 is 2.22 bits per heavy atom. The zero-order chi connectivity index (χ0) is 13.0. The van der Waals surface area contributed by atoms with Gasteiger partial charge in [0.2, 0.25) is 0 Å². The molecule has 0 radical (unpaired) electrons. The number of rotatable bonds is 5. The Morgan fingerprint density at radius 1 is 1.39 bits per heavy atom. The van der Waals surface area contributed by atoms with Crippen molar-refractivity contribution >= 4 is 0 Å². The van der Waals surface area contributed by atoms with E-state index in [1.807, 2.05) is 0 Å². The normalized spacial score (nSPS) is 38.2. The Kier molecular flexibility index (Phi) is 5.01. The minimum Gasteiger partial charge on any atom is -0.381 e. The quantitative estimate of drug-likeness (QED) is 0.799. The monoisotopic (exact) mass is 256 g/mol. The zero-order valence-electron chi connectivity index (χ0n) is 12.1. The number of hydrogen-bond acceptors (Lipinski definition) is 4. The molecule has 0 aromatic rings. The summed E-state index contributed by atoms with van der Waals surface area (Å²) in [6.07, 6.45) is 1.54. The summed E-state index contributed by atoms with van der Waals surface area (Å²) >= 11 is 0. The molecule has 4 heteroatoms. The first-order valence-corrected chi connectivity index (χ1v) is 7.29. The highest BCUT2D eigenvalue weighted by atomic mass is 16.5. The molecular weight excluding hydrogens is 228 g/mol. The van der Waals surface area contributed by atoms with Gasteiger partial charge in [0.25, 0.3) is 0 Å². The predicted molar refractivity (Wildman–Crippen MR) is 72.9 cm³/mol. The summed E-state index contributed by atoms with van der Waals surface area (Å²) in [5.74, 6) is 0. The van der Waals surface area contributed by atoms with Gasteiger partial charge in [-0.2, -0.15) is 0 Å². The van der Waals surface area contributed by atoms with Crippen molar-refractivity contribution in [1.29, 1.82) is 0 Å². The standard InChI is InChI=1S/C14H28N2O2/c1-4-15-9-14(5-6-17-11-14)10-16-7-13(3)18-8-12(16)2/h12-13,15H,4-11H2,1-3H3. The molecule has 0 aromatic carbocycles. The van der Waals surface area contributed by atoms with Gasteiger partial charge >= 0.3 is 0 Å². The highest BCUT2D eigenvalue weighted by molar-refractivity contribution is 4.91. The summed E-state index contributed by atoms with van der Waals surface area (Å²) in [6.45, 7) is 13.6. The van der Waals surface area contributed by atoms with E-state index in [1.165, 1.54) is 6.42 Å². The molecule has 1 N–H and O–H groups in total. The van der Waals surface area contributed by atoms with Crippen LogP contribution in [-0.2, 0) is 9.47 Å². The van der Waals surface area contributed by atoms with Gasteiger partial charge in [0.15, 0.2) is 0 Å². The highest BCUT2D eigenvalue weighted by Crippen LogP contribution is 2.30. The molecule has 2 aliphatic heterocycles. The van der Waals surface area contributed by atoms with Crippen LogP contribution in [0.3, 0.4) is 0 Å². The molecular formula is C14H28N2O2. The largest absolute Gasteiger partial charge is 0.381 e. The van der Waals surface area contributed by atoms with Gasteiger partial charge in [0.1, 0.15) is 0 Å². The molecule has 2 aliphatic rings. The molecule has 0 amide bonds. The molecule has 4 nitrogen and oxygen atoms in total. The van der Waals surface area contributed by atoms with Crippen LogP contribution in [0.5, 0.6) is 0 Å². The first kappa shape index (κ1) is 14.3. The Bertz CT molecular complexity index is 254. The first-order valence-electron chi connectivity index (χ1n) is 7.29. The number of nitrogens with zero attached hydrogens (tertiary/aromatic N) is 1. The molecule has 0 aromatic heterocycles. The fraction of sp³-hybridized carbons (Fsp3) is 1.00. The van der Waals surface area contributed by atoms with Crippen molar-refractivity contribution in [2.75, 3.05) is 46.0 Å². The van der Waals surface area contributed by atoms with Crippen molar-refractivity contribution in [3.8, 4) is 0 Å². The zero-order valence-corrected chi connectivity index (χ0v) is 12.1. The molecule has 3 atom stereocenters. The fourth-order valence-corrected chi connectivity index (χ4v) is 2.98. The number of morpholine rings is 1. The number of nitrogens with one attached hydrogen (secondary N) is 1. The van der Waals surface area contributed by atoms with Gasteiger partial charge in [-0.25, -0.2) is 0 Å². The third-order valence-electron chi connectivity index (χ3n) is 4.21. The maximum absolute atomic E-state index is 5.71. The van der Waals surface area contributed by atoms with Crippen molar-refractivity contribution in [3.63, 3.8) is 0 Å². The van der Waals surface area contributed by atoms with Gasteiger partial charge in [0, 0.05) is 37.7 Å². The molecule has 0 saturated carbocycles. The van der Waals surface area contributed by atoms with Crippen molar-refractivity contribution in [2.45, 2.75) is 39.3 Å². The van der Waals surface area contributed by atoms with Crippen molar-refractivity contribution in [3.05, 3.63) is 0 Å². The van der Waals surface area contributed by atoms with Crippen LogP contribution in [0.1, 0.15) is 27.2 Å². The van der Waals surface area contributed by atoms with Gasteiger partial charge in [0.05, 0.1) is 19.3 Å². The van der Waals surface area contributed by atoms with Gasteiger partial charge < -0.3 is 14.8 Å². The second-order valence-corrected chi connectivity index (χ2v) is 6.01. The fourth-order valence-electron chi connectivity index (χ4n) is 2.98. The van der Waals surface area contributed by atoms with E-state index in [9.17, 15) is 0 Å². The second-order valence-electron chi connectivity index (χ2n) is 6.01. The molecule has 2 saturated heterocycles. The van der Waals surface area contributed by atoms with Gasteiger partial charge in [-0.05, 0) is 26.8 Å². The molecule has 2 heterocycles. The predicted octanol–water partition coefficient (Wildman–Crippen LogP) is 1.11. The number of hydrogen-bond donors (Lipinski definition) is 1. The average molecular weight is 256 g/mol. The Balaban J connectivity index is 1.94. The van der Waals surface area contributed by atoms with Crippen LogP contribution in [-0.4, -0.2) is 63.0 Å². The van der Waals surface area contributed by atoms with E-state index in [0.717, 1.165) is 46.0 Å². The Hall–Kier alpha value is -0.160. The van der Waals surface area contributed by atoms with E-state index >= 15 is 0 Å². The summed E-state index contributed by atoms with van der Waals surface area (Å²) in [5, 5.41) is 3.51. The lowest BCUT2D eigenvalue weighted by molar-refractivity contribution is -0.0635. The maximum Gasteiger partial charge on any atom is 0.0674 e. The van der Waals surface area contributed by atoms with E-state index in [0.29, 0.717) is 17.6 Å². The molecule has 0 spiro atoms. The van der Waals surface area contributed by atoms with Crippen molar-refractivity contribution < 1.29 is 9.47 Å². The van der Waals surface area contributed by atoms with E-state index < -0.39 is 0 Å². The minimum atomic E-state index is 0.307. The summed E-state index contributed by atoms with van der Waals surface area (Å²) in [5.41, 5.74) is 0.307. The van der Waals surface area contributed by atoms with E-state index in [1.54, 1.807) is 0 Å². The average Bonchev–Trinajstić information content (AvgIpc) is 2.80. The summed E-state index contributed by atoms with van der Waals surface area (Å²) in [7, 11) is 0. The van der Waals surface area contributed by atoms with Crippen LogP contribution >= 0.6 is 0 Å². The van der Waals surface area contributed by atoms with Crippen LogP contribution in [0.25, 0.3) is 0 Å². The van der Waals surface area contributed by atoms with Gasteiger partial charge in [-0.15, -0.1) is 0 Å². The summed E-state index contributed by atoms with van der Waals surface area (Å²) in [6, 6.07) is 0.528. The second kappa shape index (κ2) is 6.33. The lowest BCUT2D eigenvalue weighted by atomic mass is 9.85. The third-order valence-corrected chi connectivity index (χ3v) is 4.21. The lowest BCUT2D eigenvalue weighted by Crippen LogP contribution is -2.53. The minimum absolute atomic E-state index is 0.307. The van der Waals surface area contributed by atoms with Crippen LogP contribution < -0.4 is 5.32 Å². The summed E-state index contributed by atoms with van der Waals surface area (Å²) in [4.78, 5) is 2.58. The Morgan fingerprint density at radius 3 is 2.89 bits per heavy atom. The Labute approximate surface area is 111 Å². The van der Waals surface area contributed by atoms with Crippen LogP contribution in [0.2, 0.25) is 0 Å². The van der Waals surface area contributed by atoms with E-state index in [2.05, 4.69) is 31.0 Å². The topological polar surface area (TPSA) is 33.7 Å². The van der Waals surface area contributed by atoms with Crippen molar-refractivity contribution in [2.24, 2.45) is 5.41 Å². The maximum atomic E-state index is 5.71. The van der Waals surface area contributed by atoms with E-state index in [-0.39, 0.29) is 0 Å². The van der Waals surface area contributed by atoms with Crippen molar-refractivity contribution in [1.82, 2.24) is 10.2 Å². The van der Waals surface area contributed by atoms with Crippen LogP contribution in [0.15, 0.2) is 0 Å². The number of ether oxygens (including phenoxy) is 2. The summed E-state index contributed by atoms with van der Waals surface area (Å²) < 4.78 is 11.4. The molecule has 18 heavy (non-hydrogen) atoms. The molecule has 0 bridgehead atoms. The smallest absolute Gasteiger partial charge is 0.0674 e.